The molecule has 2 aliphatic rings. The first-order valence-corrected chi connectivity index (χ1v) is 16.3. The number of unbranched alkanes of at least 4 members (excludes halogenated alkanes) is 1. The summed E-state index contributed by atoms with van der Waals surface area (Å²) in [4.78, 5) is 12.7. The van der Waals surface area contributed by atoms with E-state index in [-0.39, 0.29) is 11.4 Å². The fraction of sp³-hybridized carbons (Fsp3) is 0.514. The van der Waals surface area contributed by atoms with Crippen LogP contribution in [0.3, 0.4) is 0 Å². The maximum Gasteiger partial charge on any atom is 0.220 e. The molecule has 0 aliphatic carbocycles. The van der Waals surface area contributed by atoms with Crippen LogP contribution in [0.1, 0.15) is 76.0 Å². The van der Waals surface area contributed by atoms with Gasteiger partial charge < -0.3 is 21.3 Å². The highest BCUT2D eigenvalue weighted by molar-refractivity contribution is 8.00. The second kappa shape index (κ2) is 13.9. The first-order valence-electron chi connectivity index (χ1n) is 15.3. The van der Waals surface area contributed by atoms with E-state index in [1.807, 2.05) is 11.8 Å². The van der Waals surface area contributed by atoms with Gasteiger partial charge >= 0.3 is 0 Å². The first-order chi connectivity index (χ1) is 19.5. The smallest absolute Gasteiger partial charge is 0.220 e. The van der Waals surface area contributed by atoms with E-state index in [0.29, 0.717) is 29.7 Å². The number of aryl methyl sites for hydroxylation is 2. The van der Waals surface area contributed by atoms with Gasteiger partial charge in [0.2, 0.25) is 5.91 Å². The van der Waals surface area contributed by atoms with Crippen molar-refractivity contribution in [3.8, 4) is 0 Å². The van der Waals surface area contributed by atoms with Crippen LogP contribution in [0.2, 0.25) is 0 Å². The number of carbonyl (C=O) groups excluding carboxylic acids is 1. The quantitative estimate of drug-likeness (QED) is 0.145. The molecule has 2 unspecified atom stereocenters. The highest BCUT2D eigenvalue weighted by atomic mass is 32.2. The lowest BCUT2D eigenvalue weighted by Crippen LogP contribution is -2.44. The highest BCUT2D eigenvalue weighted by Crippen LogP contribution is 2.34. The fourth-order valence-corrected chi connectivity index (χ4v) is 7.77. The van der Waals surface area contributed by atoms with Gasteiger partial charge in [0.25, 0.3) is 0 Å². The molecule has 2 aromatic carbocycles. The monoisotopic (exact) mass is 574 g/mol. The van der Waals surface area contributed by atoms with Crippen molar-refractivity contribution in [1.82, 2.24) is 21.3 Å². The van der Waals surface area contributed by atoms with Crippen LogP contribution in [-0.2, 0) is 4.79 Å². The van der Waals surface area contributed by atoms with Crippen LogP contribution in [0.25, 0.3) is 16.8 Å². The van der Waals surface area contributed by atoms with E-state index in [1.54, 1.807) is 0 Å². The Hall–Kier alpha value is -2.86. The molecule has 2 fully saturated rings. The molecule has 41 heavy (non-hydrogen) atoms. The molecule has 2 saturated heterocycles. The predicted molar refractivity (Wildman–Crippen MR) is 178 cm³/mol. The van der Waals surface area contributed by atoms with Gasteiger partial charge in [-0.1, -0.05) is 56.8 Å². The molecule has 4 atom stereocenters. The van der Waals surface area contributed by atoms with Crippen molar-refractivity contribution < 1.29 is 4.79 Å². The van der Waals surface area contributed by atoms with E-state index in [2.05, 4.69) is 112 Å². The van der Waals surface area contributed by atoms with Gasteiger partial charge in [-0.15, -0.1) is 0 Å². The molecule has 4 N–H and O–H groups in total. The van der Waals surface area contributed by atoms with Crippen molar-refractivity contribution in [2.45, 2.75) is 96.0 Å². The maximum atomic E-state index is 12.7. The summed E-state index contributed by atoms with van der Waals surface area (Å²) in [5.41, 5.74) is 4.53. The third kappa shape index (κ3) is 9.06. The number of amides is 1. The molecule has 0 aromatic heterocycles. The zero-order valence-electron chi connectivity index (χ0n) is 25.7. The van der Waals surface area contributed by atoms with Gasteiger partial charge in [-0.3, -0.25) is 4.79 Å². The minimum absolute atomic E-state index is 0.170. The van der Waals surface area contributed by atoms with Crippen molar-refractivity contribution in [1.29, 1.82) is 0 Å². The Morgan fingerprint density at radius 3 is 2.68 bits per heavy atom. The largest absolute Gasteiger partial charge is 0.386 e. The van der Waals surface area contributed by atoms with E-state index < -0.39 is 0 Å². The molecule has 0 saturated carbocycles. The lowest BCUT2D eigenvalue weighted by Gasteiger charge is -2.29. The Labute approximate surface area is 252 Å². The van der Waals surface area contributed by atoms with Crippen molar-refractivity contribution in [3.05, 3.63) is 77.8 Å². The van der Waals surface area contributed by atoms with Crippen LogP contribution >= 0.6 is 11.8 Å². The molecule has 1 amide bonds. The second-order valence-electron chi connectivity index (χ2n) is 12.9. The summed E-state index contributed by atoms with van der Waals surface area (Å²) in [5, 5.41) is 16.8. The maximum absolute atomic E-state index is 12.7. The van der Waals surface area contributed by atoms with Gasteiger partial charge in [0.05, 0.1) is 17.9 Å². The van der Waals surface area contributed by atoms with E-state index in [4.69, 9.17) is 0 Å². The fourth-order valence-electron chi connectivity index (χ4n) is 6.23. The number of hydrogen-bond donors (Lipinski definition) is 4. The zero-order chi connectivity index (χ0) is 29.6. The lowest BCUT2D eigenvalue weighted by molar-refractivity contribution is -0.123. The lowest BCUT2D eigenvalue weighted by atomic mass is 9.89. The van der Waals surface area contributed by atoms with Gasteiger partial charge in [0.1, 0.15) is 0 Å². The Morgan fingerprint density at radius 2 is 1.90 bits per heavy atom. The first kappa shape index (κ1) is 31.1. The average molecular weight is 575 g/mol. The van der Waals surface area contributed by atoms with Gasteiger partial charge in [-0.05, 0) is 98.9 Å². The standard InChI is InChI=1S/C35H50N4OS/c1-23(16-17-36-26(4)12-13-28-14-15-29-18-24(2)25(3)19-30(29)20-28)21-35(6,7)39-33(40)11-9-8-10-32-34-31(22-41-32)37-27(5)38-34/h12-15,18-20,23,31-32,34,36-38H,4-5,8-11,16-17,21-22H2,1-3,6-7H3,(H,39,40)/b13-12+/t23?,31-,32?,34-/m0/s1. The molecule has 2 aliphatic heterocycles. The van der Waals surface area contributed by atoms with Gasteiger partial charge in [-0.25, -0.2) is 0 Å². The number of hydrogen-bond acceptors (Lipinski definition) is 5. The Kier molecular flexibility index (Phi) is 10.5. The highest BCUT2D eigenvalue weighted by Gasteiger charge is 2.40. The van der Waals surface area contributed by atoms with E-state index >= 15 is 0 Å². The van der Waals surface area contributed by atoms with Gasteiger partial charge in [0, 0.05) is 35.2 Å². The molecule has 222 valence electrons. The van der Waals surface area contributed by atoms with Crippen molar-refractivity contribution in [2.24, 2.45) is 5.92 Å². The Balaban J connectivity index is 1.10. The summed E-state index contributed by atoms with van der Waals surface area (Å²) < 4.78 is 0. The van der Waals surface area contributed by atoms with Gasteiger partial charge in [-0.2, -0.15) is 11.8 Å². The molecule has 0 radical (unpaired) electrons. The second-order valence-corrected chi connectivity index (χ2v) is 14.1. The molecule has 4 rings (SSSR count). The van der Waals surface area contributed by atoms with E-state index in [0.717, 1.165) is 55.9 Å². The number of nitrogens with one attached hydrogen (secondary N) is 4. The molecule has 0 spiro atoms. The van der Waals surface area contributed by atoms with Crippen molar-refractivity contribution in [3.63, 3.8) is 0 Å². The van der Waals surface area contributed by atoms with Crippen LogP contribution < -0.4 is 21.3 Å². The molecule has 2 aromatic rings. The van der Waals surface area contributed by atoms with Crippen molar-refractivity contribution >= 4 is 34.5 Å². The number of benzene rings is 2. The van der Waals surface area contributed by atoms with Gasteiger partial charge in [0.15, 0.2) is 0 Å². The number of rotatable bonds is 14. The predicted octanol–water partition coefficient (Wildman–Crippen LogP) is 6.96. The van der Waals surface area contributed by atoms with Crippen LogP contribution in [-0.4, -0.2) is 41.1 Å². The molecule has 0 bridgehead atoms. The minimum atomic E-state index is -0.214. The van der Waals surface area contributed by atoms with Crippen LogP contribution in [0, 0.1) is 19.8 Å². The molecule has 2 heterocycles. The van der Waals surface area contributed by atoms with E-state index in [1.165, 1.54) is 27.5 Å². The number of thioether (sulfide) groups is 1. The number of carbonyl (C=O) groups is 1. The summed E-state index contributed by atoms with van der Waals surface area (Å²) in [6, 6.07) is 12.1. The third-order valence-electron chi connectivity index (χ3n) is 8.45. The average Bonchev–Trinajstić information content (AvgIpc) is 3.44. The van der Waals surface area contributed by atoms with Crippen LogP contribution in [0.5, 0.6) is 0 Å². The normalized spacial score (nSPS) is 21.0. The van der Waals surface area contributed by atoms with E-state index in [9.17, 15) is 4.79 Å². The zero-order valence-corrected chi connectivity index (χ0v) is 26.6. The molecule has 6 heteroatoms. The summed E-state index contributed by atoms with van der Waals surface area (Å²) in [7, 11) is 0. The van der Waals surface area contributed by atoms with Crippen molar-refractivity contribution in [2.75, 3.05) is 12.3 Å². The summed E-state index contributed by atoms with van der Waals surface area (Å²) in [6.45, 7) is 19.9. The number of allylic oxidation sites excluding steroid dienone is 1. The summed E-state index contributed by atoms with van der Waals surface area (Å²) in [6.07, 6.45) is 9.93. The Morgan fingerprint density at radius 1 is 1.15 bits per heavy atom. The topological polar surface area (TPSA) is 65.2 Å². The minimum Gasteiger partial charge on any atom is -0.386 e. The summed E-state index contributed by atoms with van der Waals surface area (Å²) >= 11 is 2.04. The summed E-state index contributed by atoms with van der Waals surface area (Å²) in [5.74, 6) is 2.75. The molecule has 5 nitrogen and oxygen atoms in total. The Bertz CT molecular complexity index is 1280. The number of fused-ring (bicyclic) bond motifs is 2. The third-order valence-corrected chi connectivity index (χ3v) is 9.96. The SMILES string of the molecule is C=C(/C=C/c1ccc2cc(C)c(C)cc2c1)NCCC(C)CC(C)(C)NC(=O)CCCCC1SC[C@@H]2NC(=C)N[C@H]12. The van der Waals surface area contributed by atoms with Crippen LogP contribution in [0.15, 0.2) is 61.1 Å². The molecular formula is C35H50N4OS. The van der Waals surface area contributed by atoms with Crippen LogP contribution in [0.4, 0.5) is 0 Å². The molecular weight excluding hydrogens is 524 g/mol.